The third-order valence-electron chi connectivity index (χ3n) is 3.38. The topological polar surface area (TPSA) is 55.5 Å². The number of aliphatic hydroxyl groups is 1. The van der Waals surface area contributed by atoms with Crippen LogP contribution < -0.4 is 10.5 Å². The molecule has 0 radical (unpaired) electrons. The van der Waals surface area contributed by atoms with Crippen molar-refractivity contribution in [3.05, 3.63) is 29.6 Å². The van der Waals surface area contributed by atoms with Crippen LogP contribution in [0, 0.1) is 5.82 Å². The van der Waals surface area contributed by atoms with Crippen molar-refractivity contribution in [1.82, 2.24) is 0 Å². The molecule has 0 aromatic heterocycles. The normalized spacial score (nSPS) is 28.6. The van der Waals surface area contributed by atoms with E-state index in [-0.39, 0.29) is 17.3 Å². The highest BCUT2D eigenvalue weighted by molar-refractivity contribution is 5.42. The van der Waals surface area contributed by atoms with Crippen molar-refractivity contribution in [2.75, 3.05) is 13.7 Å². The van der Waals surface area contributed by atoms with Gasteiger partial charge in [0.25, 0.3) is 0 Å². The molecule has 0 unspecified atom stereocenters. The number of hydrogen-bond donors (Lipinski definition) is 2. The fraction of sp³-hybridized carbons (Fsp3) is 0.500. The average molecular weight is 225 g/mol. The van der Waals surface area contributed by atoms with Gasteiger partial charge in [-0.25, -0.2) is 4.39 Å². The number of benzene rings is 1. The minimum atomic E-state index is -0.337. The lowest BCUT2D eigenvalue weighted by atomic mass is 9.62. The summed E-state index contributed by atoms with van der Waals surface area (Å²) in [6.45, 7) is 0.393. The summed E-state index contributed by atoms with van der Waals surface area (Å²) < 4.78 is 18.5. The molecule has 1 saturated carbocycles. The molecule has 1 fully saturated rings. The lowest BCUT2D eigenvalue weighted by molar-refractivity contribution is 0.0209. The Bertz CT molecular complexity index is 389. The second kappa shape index (κ2) is 4.03. The van der Waals surface area contributed by atoms with E-state index in [0.717, 1.165) is 5.56 Å². The van der Waals surface area contributed by atoms with Crippen molar-refractivity contribution < 1.29 is 14.2 Å². The molecule has 0 aliphatic heterocycles. The Hall–Kier alpha value is -1.13. The fourth-order valence-corrected chi connectivity index (χ4v) is 2.43. The number of ether oxygens (including phenoxy) is 1. The largest absolute Gasteiger partial charge is 0.496 e. The predicted molar refractivity (Wildman–Crippen MR) is 58.9 cm³/mol. The molecule has 16 heavy (non-hydrogen) atoms. The lowest BCUT2D eigenvalue weighted by Crippen LogP contribution is -2.50. The van der Waals surface area contributed by atoms with Gasteiger partial charge < -0.3 is 15.6 Å². The van der Waals surface area contributed by atoms with Gasteiger partial charge in [-0.1, -0.05) is 0 Å². The smallest absolute Gasteiger partial charge is 0.123 e. The molecule has 88 valence electrons. The molecule has 0 spiro atoms. The van der Waals surface area contributed by atoms with E-state index in [2.05, 4.69) is 0 Å². The molecule has 1 aromatic carbocycles. The Morgan fingerprint density at radius 2 is 2.25 bits per heavy atom. The van der Waals surface area contributed by atoms with Crippen LogP contribution in [0.3, 0.4) is 0 Å². The highest BCUT2D eigenvalue weighted by Crippen LogP contribution is 2.46. The predicted octanol–water partition coefficient (Wildman–Crippen LogP) is 1.19. The number of rotatable bonds is 3. The summed E-state index contributed by atoms with van der Waals surface area (Å²) >= 11 is 0. The third-order valence-corrected chi connectivity index (χ3v) is 3.38. The van der Waals surface area contributed by atoms with Crippen LogP contribution in [0.1, 0.15) is 18.4 Å². The standard InChI is InChI=1S/C12H16FNO2/c1-16-11-3-2-8(13)4-10(11)12(7-14)5-9(15)6-12/h2-4,9,15H,5-7,14H2,1H3. The zero-order valence-corrected chi connectivity index (χ0v) is 9.24. The van der Waals surface area contributed by atoms with Crippen LogP contribution in [0.15, 0.2) is 18.2 Å². The molecule has 3 nitrogen and oxygen atoms in total. The molecular formula is C12H16FNO2. The molecule has 0 bridgehead atoms. The van der Waals surface area contributed by atoms with Gasteiger partial charge in [-0.3, -0.25) is 0 Å². The number of hydrogen-bond acceptors (Lipinski definition) is 3. The second-order valence-electron chi connectivity index (χ2n) is 4.39. The SMILES string of the molecule is COc1ccc(F)cc1C1(CN)CC(O)C1. The van der Waals surface area contributed by atoms with Crippen LogP contribution in [-0.4, -0.2) is 24.9 Å². The van der Waals surface area contributed by atoms with Crippen molar-refractivity contribution in [3.63, 3.8) is 0 Å². The van der Waals surface area contributed by atoms with Crippen molar-refractivity contribution in [2.45, 2.75) is 24.4 Å². The Balaban J connectivity index is 2.41. The summed E-state index contributed by atoms with van der Waals surface area (Å²) in [6, 6.07) is 4.42. The minimum Gasteiger partial charge on any atom is -0.496 e. The van der Waals surface area contributed by atoms with Gasteiger partial charge in [0.05, 0.1) is 13.2 Å². The molecule has 0 atom stereocenters. The summed E-state index contributed by atoms with van der Waals surface area (Å²) in [5.41, 5.74) is 6.19. The molecular weight excluding hydrogens is 209 g/mol. The van der Waals surface area contributed by atoms with E-state index in [1.54, 1.807) is 13.2 Å². The Kier molecular flexibility index (Phi) is 2.86. The fourth-order valence-electron chi connectivity index (χ4n) is 2.43. The number of halogens is 1. The summed E-state index contributed by atoms with van der Waals surface area (Å²) in [5.74, 6) is 0.337. The molecule has 1 aliphatic rings. The van der Waals surface area contributed by atoms with Gasteiger partial charge >= 0.3 is 0 Å². The van der Waals surface area contributed by atoms with Crippen LogP contribution in [0.25, 0.3) is 0 Å². The first-order valence-electron chi connectivity index (χ1n) is 5.33. The van der Waals surface area contributed by atoms with Gasteiger partial charge in [-0.05, 0) is 31.0 Å². The van der Waals surface area contributed by atoms with Crippen molar-refractivity contribution in [3.8, 4) is 5.75 Å². The minimum absolute atomic E-state index is 0.301. The zero-order chi connectivity index (χ0) is 11.8. The molecule has 2 rings (SSSR count). The summed E-state index contributed by atoms with van der Waals surface area (Å²) in [7, 11) is 1.55. The first kappa shape index (κ1) is 11.4. The Labute approximate surface area is 94.0 Å². The van der Waals surface area contributed by atoms with Gasteiger partial charge in [-0.15, -0.1) is 0 Å². The van der Waals surface area contributed by atoms with Gasteiger partial charge in [0.15, 0.2) is 0 Å². The Morgan fingerprint density at radius 1 is 1.56 bits per heavy atom. The zero-order valence-electron chi connectivity index (χ0n) is 9.24. The molecule has 1 aromatic rings. The van der Waals surface area contributed by atoms with E-state index >= 15 is 0 Å². The molecule has 3 N–H and O–H groups in total. The van der Waals surface area contributed by atoms with Crippen LogP contribution >= 0.6 is 0 Å². The number of aliphatic hydroxyl groups excluding tert-OH is 1. The molecule has 1 aliphatic carbocycles. The van der Waals surface area contributed by atoms with Crippen LogP contribution in [0.5, 0.6) is 5.75 Å². The third kappa shape index (κ3) is 1.68. The first-order valence-corrected chi connectivity index (χ1v) is 5.33. The van der Waals surface area contributed by atoms with Crippen molar-refractivity contribution in [2.24, 2.45) is 5.73 Å². The maximum Gasteiger partial charge on any atom is 0.123 e. The summed E-state index contributed by atoms with van der Waals surface area (Å²) in [4.78, 5) is 0. The van der Waals surface area contributed by atoms with E-state index in [1.165, 1.54) is 12.1 Å². The highest BCUT2D eigenvalue weighted by atomic mass is 19.1. The summed E-state index contributed by atoms with van der Waals surface area (Å²) in [6.07, 6.45) is 0.809. The van der Waals surface area contributed by atoms with Gasteiger partial charge in [0, 0.05) is 17.5 Å². The first-order chi connectivity index (χ1) is 7.61. The van der Waals surface area contributed by atoms with Gasteiger partial charge in [0.1, 0.15) is 11.6 Å². The van der Waals surface area contributed by atoms with Crippen LogP contribution in [-0.2, 0) is 5.41 Å². The van der Waals surface area contributed by atoms with E-state index in [1.807, 2.05) is 0 Å². The van der Waals surface area contributed by atoms with Crippen LogP contribution in [0.2, 0.25) is 0 Å². The maximum atomic E-state index is 13.2. The van der Waals surface area contributed by atoms with E-state index in [0.29, 0.717) is 25.1 Å². The van der Waals surface area contributed by atoms with E-state index in [9.17, 15) is 9.50 Å². The van der Waals surface area contributed by atoms with Crippen LogP contribution in [0.4, 0.5) is 4.39 Å². The quantitative estimate of drug-likeness (QED) is 0.812. The monoisotopic (exact) mass is 225 g/mol. The highest BCUT2D eigenvalue weighted by Gasteiger charge is 2.45. The molecule has 0 heterocycles. The second-order valence-corrected chi connectivity index (χ2v) is 4.39. The maximum absolute atomic E-state index is 13.2. The van der Waals surface area contributed by atoms with E-state index < -0.39 is 0 Å². The summed E-state index contributed by atoms with van der Waals surface area (Å²) in [5, 5.41) is 9.42. The molecule has 0 amide bonds. The number of nitrogens with two attached hydrogens (primary N) is 1. The van der Waals surface area contributed by atoms with Crippen molar-refractivity contribution >= 4 is 0 Å². The van der Waals surface area contributed by atoms with E-state index in [4.69, 9.17) is 10.5 Å². The van der Waals surface area contributed by atoms with Gasteiger partial charge in [0.2, 0.25) is 0 Å². The Morgan fingerprint density at radius 3 is 2.75 bits per heavy atom. The molecule has 0 saturated heterocycles. The number of methoxy groups -OCH3 is 1. The lowest BCUT2D eigenvalue weighted by Gasteiger charge is -2.45. The van der Waals surface area contributed by atoms with Crippen molar-refractivity contribution in [1.29, 1.82) is 0 Å². The molecule has 4 heteroatoms. The van der Waals surface area contributed by atoms with Gasteiger partial charge in [-0.2, -0.15) is 0 Å². The average Bonchev–Trinajstić information content (AvgIpc) is 2.24.